The van der Waals surface area contributed by atoms with Gasteiger partial charge in [-0.2, -0.15) is 0 Å². The van der Waals surface area contributed by atoms with Gasteiger partial charge in [0, 0.05) is 6.54 Å². The summed E-state index contributed by atoms with van der Waals surface area (Å²) < 4.78 is 0. The summed E-state index contributed by atoms with van der Waals surface area (Å²) in [6, 6.07) is 0. The molecule has 0 amide bonds. The van der Waals surface area contributed by atoms with Gasteiger partial charge in [-0.25, -0.2) is 0 Å². The van der Waals surface area contributed by atoms with Crippen LogP contribution in [0.1, 0.15) is 39.0 Å². The average molecular weight is 197 g/mol. The van der Waals surface area contributed by atoms with Crippen molar-refractivity contribution in [3.63, 3.8) is 0 Å². The minimum atomic E-state index is 0.00928. The topological polar surface area (TPSA) is 23.5 Å². The van der Waals surface area contributed by atoms with Crippen LogP contribution in [0.3, 0.4) is 0 Å². The summed E-state index contributed by atoms with van der Waals surface area (Å²) >= 11 is 0. The molecule has 2 nitrogen and oxygen atoms in total. The van der Waals surface area contributed by atoms with Crippen LogP contribution in [0.4, 0.5) is 0 Å². The Balaban J connectivity index is 1.67. The molecule has 1 saturated heterocycles. The van der Waals surface area contributed by atoms with E-state index in [0.29, 0.717) is 5.92 Å². The second-order valence-corrected chi connectivity index (χ2v) is 5.24. The van der Waals surface area contributed by atoms with E-state index in [1.165, 1.54) is 45.3 Å². The fraction of sp³-hybridized carbons (Fsp3) is 1.00. The molecule has 0 radical (unpaired) electrons. The number of nitrogens with zero attached hydrogens (tertiary/aromatic N) is 1. The number of aliphatic hydroxyl groups excluding tert-OH is 1. The molecule has 3 unspecified atom stereocenters. The third-order valence-corrected chi connectivity index (χ3v) is 3.94. The molecule has 2 aliphatic rings. The van der Waals surface area contributed by atoms with Crippen LogP contribution in [0, 0.1) is 11.8 Å². The second-order valence-electron chi connectivity index (χ2n) is 5.24. The number of rotatable bonds is 3. The zero-order valence-electron chi connectivity index (χ0n) is 9.28. The van der Waals surface area contributed by atoms with Gasteiger partial charge in [-0.05, 0) is 50.6 Å². The van der Waals surface area contributed by atoms with Gasteiger partial charge >= 0.3 is 0 Å². The molecule has 0 spiro atoms. The minimum absolute atomic E-state index is 0.00928. The molecule has 3 atom stereocenters. The largest absolute Gasteiger partial charge is 0.393 e. The summed E-state index contributed by atoms with van der Waals surface area (Å²) in [4.78, 5) is 2.57. The molecular formula is C12H23NO. The Morgan fingerprint density at radius 3 is 2.71 bits per heavy atom. The fourth-order valence-corrected chi connectivity index (χ4v) is 2.93. The fourth-order valence-electron chi connectivity index (χ4n) is 2.93. The van der Waals surface area contributed by atoms with Gasteiger partial charge in [0.25, 0.3) is 0 Å². The summed E-state index contributed by atoms with van der Waals surface area (Å²) in [7, 11) is 0. The highest BCUT2D eigenvalue weighted by Crippen LogP contribution is 2.29. The summed E-state index contributed by atoms with van der Waals surface area (Å²) in [5, 5.41) is 9.70. The van der Waals surface area contributed by atoms with Crippen molar-refractivity contribution in [1.29, 1.82) is 0 Å². The number of likely N-dealkylation sites (tertiary alicyclic amines) is 1. The van der Waals surface area contributed by atoms with E-state index in [2.05, 4.69) is 11.8 Å². The summed E-state index contributed by atoms with van der Waals surface area (Å²) in [5.41, 5.74) is 0. The van der Waals surface area contributed by atoms with Crippen molar-refractivity contribution in [3.05, 3.63) is 0 Å². The van der Waals surface area contributed by atoms with Gasteiger partial charge in [0.05, 0.1) is 6.10 Å². The molecule has 2 heteroatoms. The van der Waals surface area contributed by atoms with Crippen molar-refractivity contribution < 1.29 is 5.11 Å². The smallest absolute Gasteiger partial charge is 0.0568 e. The zero-order valence-corrected chi connectivity index (χ0v) is 9.28. The third-order valence-electron chi connectivity index (χ3n) is 3.94. The Morgan fingerprint density at radius 2 is 2.14 bits per heavy atom. The normalized spacial score (nSPS) is 39.4. The van der Waals surface area contributed by atoms with Crippen molar-refractivity contribution in [2.45, 2.75) is 45.1 Å². The van der Waals surface area contributed by atoms with Crippen LogP contribution in [0.5, 0.6) is 0 Å². The van der Waals surface area contributed by atoms with Gasteiger partial charge in [0.15, 0.2) is 0 Å². The predicted octanol–water partition coefficient (Wildman–Crippen LogP) is 1.88. The van der Waals surface area contributed by atoms with E-state index in [1.54, 1.807) is 0 Å². The van der Waals surface area contributed by atoms with Gasteiger partial charge in [-0.15, -0.1) is 0 Å². The van der Waals surface area contributed by atoms with Crippen LogP contribution in [0.25, 0.3) is 0 Å². The molecule has 0 bridgehead atoms. The average Bonchev–Trinajstić information content (AvgIpc) is 2.72. The number of hydrogen-bond donors (Lipinski definition) is 1. The zero-order chi connectivity index (χ0) is 9.97. The molecule has 1 aliphatic heterocycles. The minimum Gasteiger partial charge on any atom is -0.393 e. The first-order valence-corrected chi connectivity index (χ1v) is 6.16. The van der Waals surface area contributed by atoms with Gasteiger partial charge < -0.3 is 10.0 Å². The first kappa shape index (κ1) is 10.4. The molecule has 1 heterocycles. The number of aliphatic hydroxyl groups is 1. The van der Waals surface area contributed by atoms with Crippen LogP contribution >= 0.6 is 0 Å². The van der Waals surface area contributed by atoms with E-state index < -0.39 is 0 Å². The molecule has 1 saturated carbocycles. The first-order valence-electron chi connectivity index (χ1n) is 6.16. The summed E-state index contributed by atoms with van der Waals surface area (Å²) in [6.07, 6.45) is 6.13. The second kappa shape index (κ2) is 4.63. The van der Waals surface area contributed by atoms with Crippen LogP contribution in [0.15, 0.2) is 0 Å². The van der Waals surface area contributed by atoms with E-state index in [-0.39, 0.29) is 6.10 Å². The predicted molar refractivity (Wildman–Crippen MR) is 58.2 cm³/mol. The highest BCUT2D eigenvalue weighted by Gasteiger charge is 2.26. The van der Waals surface area contributed by atoms with Gasteiger partial charge in [0.1, 0.15) is 0 Å². The summed E-state index contributed by atoms with van der Waals surface area (Å²) in [6.45, 7) is 6.11. The van der Waals surface area contributed by atoms with Crippen molar-refractivity contribution in [3.8, 4) is 0 Å². The monoisotopic (exact) mass is 197 g/mol. The Hall–Kier alpha value is -0.0800. The lowest BCUT2D eigenvalue weighted by molar-refractivity contribution is 0.120. The number of hydrogen-bond acceptors (Lipinski definition) is 2. The standard InChI is InChI=1S/C12H23NO/c1-10-5-7-13(9-10)8-6-11-3-2-4-12(11)14/h10-12,14H,2-9H2,1H3. The van der Waals surface area contributed by atoms with E-state index in [1.807, 2.05) is 0 Å². The molecule has 0 aromatic heterocycles. The molecule has 82 valence electrons. The van der Waals surface area contributed by atoms with Crippen LogP contribution in [-0.2, 0) is 0 Å². The van der Waals surface area contributed by atoms with Crippen molar-refractivity contribution >= 4 is 0 Å². The SMILES string of the molecule is CC1CCN(CCC2CCCC2O)C1. The molecule has 14 heavy (non-hydrogen) atoms. The maximum absolute atomic E-state index is 9.70. The van der Waals surface area contributed by atoms with Gasteiger partial charge in [-0.3, -0.25) is 0 Å². The van der Waals surface area contributed by atoms with Crippen LogP contribution < -0.4 is 0 Å². The lowest BCUT2D eigenvalue weighted by atomic mass is 10.0. The first-order chi connectivity index (χ1) is 6.75. The third kappa shape index (κ3) is 2.48. The van der Waals surface area contributed by atoms with Crippen LogP contribution in [-0.4, -0.2) is 35.7 Å². The lowest BCUT2D eigenvalue weighted by Gasteiger charge is -2.19. The van der Waals surface area contributed by atoms with E-state index in [0.717, 1.165) is 12.3 Å². The van der Waals surface area contributed by atoms with Crippen molar-refractivity contribution in [2.24, 2.45) is 11.8 Å². The van der Waals surface area contributed by atoms with Gasteiger partial charge in [-0.1, -0.05) is 13.3 Å². The van der Waals surface area contributed by atoms with Crippen molar-refractivity contribution in [1.82, 2.24) is 4.90 Å². The van der Waals surface area contributed by atoms with Crippen LogP contribution in [0.2, 0.25) is 0 Å². The summed E-state index contributed by atoms with van der Waals surface area (Å²) in [5.74, 6) is 1.49. The molecular weight excluding hydrogens is 174 g/mol. The Labute approximate surface area is 87.3 Å². The van der Waals surface area contributed by atoms with Crippen molar-refractivity contribution in [2.75, 3.05) is 19.6 Å². The highest BCUT2D eigenvalue weighted by molar-refractivity contribution is 4.79. The quantitative estimate of drug-likeness (QED) is 0.746. The maximum atomic E-state index is 9.70. The van der Waals surface area contributed by atoms with E-state index in [4.69, 9.17) is 0 Å². The van der Waals surface area contributed by atoms with E-state index >= 15 is 0 Å². The Kier molecular flexibility index (Phi) is 3.45. The van der Waals surface area contributed by atoms with E-state index in [9.17, 15) is 5.11 Å². The Bertz CT molecular complexity index is 183. The lowest BCUT2D eigenvalue weighted by Crippen LogP contribution is -2.25. The molecule has 0 aromatic rings. The molecule has 2 fully saturated rings. The Morgan fingerprint density at radius 1 is 1.29 bits per heavy atom. The molecule has 1 aliphatic carbocycles. The molecule has 1 N–H and O–H groups in total. The molecule has 0 aromatic carbocycles. The molecule has 2 rings (SSSR count). The van der Waals surface area contributed by atoms with Gasteiger partial charge in [0.2, 0.25) is 0 Å². The maximum Gasteiger partial charge on any atom is 0.0568 e. The highest BCUT2D eigenvalue weighted by atomic mass is 16.3.